The monoisotopic (exact) mass is 527 g/mol. The Hall–Kier alpha value is -2.20. The van der Waals surface area contributed by atoms with E-state index in [1.54, 1.807) is 22.0 Å². The van der Waals surface area contributed by atoms with Crippen molar-refractivity contribution in [1.82, 2.24) is 9.80 Å². The van der Waals surface area contributed by atoms with Gasteiger partial charge in [-0.1, -0.05) is 60.1 Å². The Balaban J connectivity index is 1.76. The number of amides is 2. The first-order valence-electron chi connectivity index (χ1n) is 11.0. The molecule has 3 fully saturated rings. The molecule has 0 atom stereocenters. The van der Waals surface area contributed by atoms with Gasteiger partial charge in [0.1, 0.15) is 8.64 Å². The lowest BCUT2D eigenvalue weighted by molar-refractivity contribution is -0.122. The molecule has 2 amide bonds. The average molecular weight is 528 g/mol. The second-order valence-corrected chi connectivity index (χ2v) is 11.5. The molecule has 0 N–H and O–H groups in total. The highest BCUT2D eigenvalue weighted by molar-refractivity contribution is 8.27. The van der Waals surface area contributed by atoms with Crippen LogP contribution in [0, 0.1) is 6.92 Å². The van der Waals surface area contributed by atoms with Crippen LogP contribution in [-0.2, 0) is 9.59 Å². The van der Waals surface area contributed by atoms with E-state index in [1.807, 2.05) is 19.1 Å². The zero-order valence-electron chi connectivity index (χ0n) is 18.9. The van der Waals surface area contributed by atoms with Gasteiger partial charge in [0.05, 0.1) is 9.81 Å². The number of thiocarbonyl (C=S) groups is 2. The second-order valence-electron chi connectivity index (χ2n) is 8.12. The van der Waals surface area contributed by atoms with E-state index in [0.717, 1.165) is 48.3 Å². The Bertz CT molecular complexity index is 1160. The molecule has 1 aromatic rings. The van der Waals surface area contributed by atoms with Gasteiger partial charge in [-0.2, -0.15) is 0 Å². The van der Waals surface area contributed by atoms with Crippen LogP contribution in [0.5, 0.6) is 0 Å². The van der Waals surface area contributed by atoms with Crippen LogP contribution in [0.25, 0.3) is 12.2 Å². The third-order valence-electron chi connectivity index (χ3n) is 5.81. The number of hydrogen-bond donors (Lipinski definition) is 0. The topological polar surface area (TPSA) is 43.9 Å². The van der Waals surface area contributed by atoms with Gasteiger partial charge in [0.2, 0.25) is 0 Å². The summed E-state index contributed by atoms with van der Waals surface area (Å²) in [7, 11) is 0. The maximum absolute atomic E-state index is 13.0. The summed E-state index contributed by atoms with van der Waals surface area (Å²) in [6, 6.07) is 4.21. The molecule has 1 aromatic carbocycles. The van der Waals surface area contributed by atoms with Crippen LogP contribution in [0.4, 0.5) is 5.69 Å². The number of carbonyl (C=O) groups excluding carboxylic acids is 2. The maximum atomic E-state index is 13.0. The van der Waals surface area contributed by atoms with Crippen molar-refractivity contribution < 1.29 is 9.59 Å². The van der Waals surface area contributed by atoms with Crippen LogP contribution in [0.15, 0.2) is 47.3 Å². The number of aryl methyl sites for hydroxylation is 1. The van der Waals surface area contributed by atoms with Gasteiger partial charge in [-0.25, -0.2) is 0 Å². The van der Waals surface area contributed by atoms with Crippen molar-refractivity contribution in [3.63, 3.8) is 0 Å². The van der Waals surface area contributed by atoms with Crippen LogP contribution < -0.4 is 4.90 Å². The molecular formula is C25H25N3O2S4. The molecule has 3 heterocycles. The number of thioether (sulfide) groups is 2. The van der Waals surface area contributed by atoms with Gasteiger partial charge in [-0.3, -0.25) is 19.4 Å². The van der Waals surface area contributed by atoms with Crippen LogP contribution in [0.3, 0.4) is 0 Å². The van der Waals surface area contributed by atoms with Gasteiger partial charge < -0.3 is 4.90 Å². The minimum atomic E-state index is -0.107. The molecule has 176 valence electrons. The third kappa shape index (κ3) is 4.93. The normalized spacial score (nSPS) is 21.0. The van der Waals surface area contributed by atoms with Crippen molar-refractivity contribution in [2.24, 2.45) is 0 Å². The Morgan fingerprint density at radius 3 is 1.88 bits per heavy atom. The van der Waals surface area contributed by atoms with Gasteiger partial charge in [-0.15, -0.1) is 13.2 Å². The van der Waals surface area contributed by atoms with E-state index in [9.17, 15) is 9.59 Å². The fourth-order valence-electron chi connectivity index (χ4n) is 4.09. The Morgan fingerprint density at radius 2 is 1.38 bits per heavy atom. The summed E-state index contributed by atoms with van der Waals surface area (Å²) < 4.78 is 1.07. The lowest BCUT2D eigenvalue weighted by Gasteiger charge is -2.22. The van der Waals surface area contributed by atoms with Gasteiger partial charge in [0, 0.05) is 31.9 Å². The summed E-state index contributed by atoms with van der Waals surface area (Å²) in [4.78, 5) is 32.5. The van der Waals surface area contributed by atoms with Crippen LogP contribution in [0.2, 0.25) is 0 Å². The van der Waals surface area contributed by atoms with E-state index >= 15 is 0 Å². The highest BCUT2D eigenvalue weighted by Crippen LogP contribution is 2.38. The number of rotatable bonds is 7. The summed E-state index contributed by atoms with van der Waals surface area (Å²) in [5.41, 5.74) is 4.03. The van der Waals surface area contributed by atoms with Crippen molar-refractivity contribution in [3.05, 3.63) is 63.9 Å². The smallest absolute Gasteiger partial charge is 0.266 e. The first-order chi connectivity index (χ1) is 16.3. The average Bonchev–Trinajstić information content (AvgIpc) is 3.49. The Kier molecular flexibility index (Phi) is 7.77. The fourth-order valence-corrected chi connectivity index (χ4v) is 6.62. The first kappa shape index (κ1) is 24.9. The van der Waals surface area contributed by atoms with E-state index < -0.39 is 0 Å². The highest BCUT2D eigenvalue weighted by atomic mass is 32.2. The third-order valence-corrected chi connectivity index (χ3v) is 8.56. The lowest BCUT2D eigenvalue weighted by Crippen LogP contribution is -2.27. The summed E-state index contributed by atoms with van der Waals surface area (Å²) in [6.45, 7) is 12.2. The molecule has 0 radical (unpaired) electrons. The molecule has 34 heavy (non-hydrogen) atoms. The zero-order chi connectivity index (χ0) is 24.4. The maximum Gasteiger partial charge on any atom is 0.266 e. The van der Waals surface area contributed by atoms with E-state index in [4.69, 9.17) is 24.4 Å². The van der Waals surface area contributed by atoms with E-state index in [0.29, 0.717) is 31.5 Å². The van der Waals surface area contributed by atoms with E-state index in [-0.39, 0.29) is 11.8 Å². The molecule has 0 aliphatic carbocycles. The molecule has 0 bridgehead atoms. The number of nitrogens with zero attached hydrogens (tertiary/aromatic N) is 3. The molecule has 3 saturated heterocycles. The number of anilines is 1. The van der Waals surface area contributed by atoms with Gasteiger partial charge in [0.25, 0.3) is 11.8 Å². The largest absolute Gasteiger partial charge is 0.371 e. The Labute approximate surface area is 219 Å². The molecule has 9 heteroatoms. The molecule has 3 aliphatic rings. The predicted octanol–water partition coefficient (Wildman–Crippen LogP) is 5.37. The van der Waals surface area contributed by atoms with Crippen molar-refractivity contribution >= 4 is 86.3 Å². The predicted molar refractivity (Wildman–Crippen MR) is 153 cm³/mol. The van der Waals surface area contributed by atoms with Gasteiger partial charge in [0.15, 0.2) is 0 Å². The van der Waals surface area contributed by atoms with Gasteiger partial charge >= 0.3 is 0 Å². The molecule has 0 saturated carbocycles. The minimum Gasteiger partial charge on any atom is -0.371 e. The molecular weight excluding hydrogens is 503 g/mol. The molecule has 3 aliphatic heterocycles. The van der Waals surface area contributed by atoms with Crippen LogP contribution in [-0.4, -0.2) is 56.4 Å². The number of hydrogen-bond acceptors (Lipinski definition) is 7. The quantitative estimate of drug-likeness (QED) is 0.268. The summed E-state index contributed by atoms with van der Waals surface area (Å²) in [5, 5.41) is 0. The zero-order valence-corrected chi connectivity index (χ0v) is 22.2. The van der Waals surface area contributed by atoms with E-state index in [2.05, 4.69) is 30.2 Å². The summed E-state index contributed by atoms with van der Waals surface area (Å²) in [5.74, 6) is -0.209. The van der Waals surface area contributed by atoms with Crippen molar-refractivity contribution in [2.75, 3.05) is 31.1 Å². The van der Waals surface area contributed by atoms with Crippen molar-refractivity contribution in [3.8, 4) is 0 Å². The summed E-state index contributed by atoms with van der Waals surface area (Å²) >= 11 is 13.4. The number of carbonyl (C=O) groups is 2. The Morgan fingerprint density at radius 1 is 0.882 bits per heavy atom. The standard InChI is InChI=1S/C25H25N3O2S4/c1-4-8-27-22(29)20(33-24(27)31)14-17-13-18(19(12-16(17)3)26-10-6-7-11-26)15-21-23(30)28(9-5-2)25(32)34-21/h4-5,12-15H,1-2,6-11H2,3H3. The minimum absolute atomic E-state index is 0.102. The molecule has 4 rings (SSSR count). The number of benzene rings is 1. The molecule has 0 spiro atoms. The van der Waals surface area contributed by atoms with Crippen molar-refractivity contribution in [1.29, 1.82) is 0 Å². The second kappa shape index (κ2) is 10.6. The van der Waals surface area contributed by atoms with Crippen LogP contribution in [0.1, 0.15) is 29.5 Å². The van der Waals surface area contributed by atoms with Crippen LogP contribution >= 0.6 is 48.0 Å². The van der Waals surface area contributed by atoms with E-state index in [1.165, 1.54) is 23.5 Å². The van der Waals surface area contributed by atoms with Crippen molar-refractivity contribution in [2.45, 2.75) is 19.8 Å². The highest BCUT2D eigenvalue weighted by Gasteiger charge is 2.33. The molecule has 0 aromatic heterocycles. The SMILES string of the molecule is C=CCN1C(=O)C(=Cc2cc(C=C3SC(=S)N(CC=C)C3=O)c(N3CCCC3)cc2C)SC1=S. The first-order valence-corrected chi connectivity index (χ1v) is 13.4. The van der Waals surface area contributed by atoms with Gasteiger partial charge in [-0.05, 0) is 60.7 Å². The molecule has 5 nitrogen and oxygen atoms in total. The molecule has 0 unspecified atom stereocenters. The lowest BCUT2D eigenvalue weighted by atomic mass is 10.0. The fraction of sp³-hybridized carbons (Fsp3) is 0.280. The summed E-state index contributed by atoms with van der Waals surface area (Å²) in [6.07, 6.45) is 9.46.